The van der Waals surface area contributed by atoms with Crippen LogP contribution in [0.25, 0.3) is 0 Å². The average Bonchev–Trinajstić information content (AvgIpc) is 1.30. The molecular formula is C4H15NSi2. The van der Waals surface area contributed by atoms with E-state index in [1.807, 2.05) is 0 Å². The van der Waals surface area contributed by atoms with Gasteiger partial charge in [-0.3, -0.25) is 0 Å². The predicted octanol–water partition coefficient (Wildman–Crippen LogP) is -1.26. The van der Waals surface area contributed by atoms with Crippen LogP contribution in [0.1, 0.15) is 20.8 Å². The summed E-state index contributed by atoms with van der Waals surface area (Å²) in [5, 5.41) is 0. The van der Waals surface area contributed by atoms with Crippen LogP contribution in [-0.2, 0) is 0 Å². The largest absolute Gasteiger partial charge is 0.341 e. The molecule has 0 aromatic rings. The topological polar surface area (TPSA) is 12.0 Å². The van der Waals surface area contributed by atoms with Gasteiger partial charge in [0.05, 0.1) is 9.20 Å². The first-order chi connectivity index (χ1) is 3.06. The Morgan fingerprint density at radius 3 is 1.86 bits per heavy atom. The molecule has 0 unspecified atom stereocenters. The van der Waals surface area contributed by atoms with Gasteiger partial charge in [0.15, 0.2) is 0 Å². The molecule has 1 nitrogen and oxygen atoms in total. The van der Waals surface area contributed by atoms with Gasteiger partial charge in [-0.2, -0.15) is 0 Å². The molecule has 44 valence electrons. The lowest BCUT2D eigenvalue weighted by Crippen LogP contribution is -2.38. The van der Waals surface area contributed by atoms with Crippen LogP contribution in [-0.4, -0.2) is 24.5 Å². The van der Waals surface area contributed by atoms with Crippen molar-refractivity contribution < 1.29 is 0 Å². The van der Waals surface area contributed by atoms with E-state index in [1.165, 1.54) is 9.76 Å². The molecule has 0 atom stereocenters. The third kappa shape index (κ3) is 6.39. The quantitative estimate of drug-likeness (QED) is 0.440. The van der Waals surface area contributed by atoms with E-state index in [0.717, 1.165) is 0 Å². The van der Waals surface area contributed by atoms with Crippen molar-refractivity contribution in [2.45, 2.75) is 26.3 Å². The summed E-state index contributed by atoms with van der Waals surface area (Å²) >= 11 is 0. The predicted molar refractivity (Wildman–Crippen MR) is 41.4 cm³/mol. The van der Waals surface area contributed by atoms with Gasteiger partial charge in [-0.25, -0.2) is 0 Å². The van der Waals surface area contributed by atoms with Crippen molar-refractivity contribution >= 4 is 19.0 Å². The molecule has 0 saturated heterocycles. The van der Waals surface area contributed by atoms with E-state index in [9.17, 15) is 0 Å². The highest BCUT2D eigenvalue weighted by molar-refractivity contribution is 6.87. The molecule has 0 aromatic carbocycles. The molecular weight excluding hydrogens is 118 g/mol. The van der Waals surface area contributed by atoms with Crippen LogP contribution in [0.15, 0.2) is 0 Å². The lowest BCUT2D eigenvalue weighted by atomic mass is 10.1. The molecule has 0 amide bonds. The van der Waals surface area contributed by atoms with E-state index >= 15 is 0 Å². The summed E-state index contributed by atoms with van der Waals surface area (Å²) in [6, 6.07) is 0. The summed E-state index contributed by atoms with van der Waals surface area (Å²) < 4.78 is 0. The summed E-state index contributed by atoms with van der Waals surface area (Å²) in [7, 11) is 1.60. The van der Waals surface area contributed by atoms with E-state index in [-0.39, 0.29) is 9.20 Å². The van der Waals surface area contributed by atoms with Crippen LogP contribution in [0.5, 0.6) is 0 Å². The molecule has 0 rings (SSSR count). The lowest BCUT2D eigenvalue weighted by Gasteiger charge is -2.18. The van der Waals surface area contributed by atoms with Gasteiger partial charge in [0.1, 0.15) is 0 Å². The van der Waals surface area contributed by atoms with Crippen molar-refractivity contribution in [1.82, 2.24) is 4.98 Å². The zero-order chi connectivity index (χ0) is 5.91. The Morgan fingerprint density at radius 1 is 1.43 bits per heavy atom. The number of hydrogen-bond donors (Lipinski definition) is 1. The maximum atomic E-state index is 3.49. The summed E-state index contributed by atoms with van der Waals surface area (Å²) in [5.74, 6) is 0. The van der Waals surface area contributed by atoms with E-state index < -0.39 is 0 Å². The van der Waals surface area contributed by atoms with Gasteiger partial charge in [-0.15, -0.1) is 0 Å². The molecule has 0 radical (unpaired) electrons. The number of rotatable bonds is 1. The van der Waals surface area contributed by atoms with Gasteiger partial charge >= 0.3 is 0 Å². The Bertz CT molecular complexity index is 48.1. The van der Waals surface area contributed by atoms with Gasteiger partial charge in [0, 0.05) is 15.3 Å². The Labute approximate surface area is 51.0 Å². The maximum absolute atomic E-state index is 3.49. The Balaban J connectivity index is 3.15. The maximum Gasteiger partial charge on any atom is 0.0727 e. The highest BCUT2D eigenvalue weighted by Gasteiger charge is 2.04. The average molecular weight is 133 g/mol. The highest BCUT2D eigenvalue weighted by atomic mass is 29.1. The highest BCUT2D eigenvalue weighted by Crippen LogP contribution is 1.94. The molecule has 0 aliphatic heterocycles. The standard InChI is InChI=1S/C4H15NSi2/c1-4(2,3)5-7-6/h5H,7H2,1-3,6H3. The number of nitrogens with one attached hydrogen (secondary N) is 1. The van der Waals surface area contributed by atoms with Crippen LogP contribution in [0, 0.1) is 0 Å². The van der Waals surface area contributed by atoms with Crippen molar-refractivity contribution in [2.75, 3.05) is 0 Å². The van der Waals surface area contributed by atoms with Gasteiger partial charge in [0.25, 0.3) is 0 Å². The minimum atomic E-state index is 0.199. The molecule has 0 spiro atoms. The van der Waals surface area contributed by atoms with Crippen LogP contribution in [0.2, 0.25) is 0 Å². The molecule has 0 fully saturated rings. The van der Waals surface area contributed by atoms with Crippen molar-refractivity contribution in [3.8, 4) is 0 Å². The van der Waals surface area contributed by atoms with E-state index in [1.54, 1.807) is 0 Å². The zero-order valence-electron chi connectivity index (χ0n) is 5.71. The minimum absolute atomic E-state index is 0.199. The third-order valence-corrected chi connectivity index (χ3v) is 3.18. The summed E-state index contributed by atoms with van der Waals surface area (Å²) in [5.41, 5.74) is 0.397. The first kappa shape index (κ1) is 7.39. The third-order valence-electron chi connectivity index (χ3n) is 0.707. The van der Waals surface area contributed by atoms with E-state index in [2.05, 4.69) is 25.8 Å². The minimum Gasteiger partial charge on any atom is -0.341 e. The second-order valence-electron chi connectivity index (χ2n) is 2.78. The second kappa shape index (κ2) is 2.64. The Kier molecular flexibility index (Phi) is 2.79. The summed E-state index contributed by atoms with van der Waals surface area (Å²) in [4.78, 5) is 3.49. The number of hydrogen-bond acceptors (Lipinski definition) is 1. The molecule has 0 heterocycles. The monoisotopic (exact) mass is 133 g/mol. The van der Waals surface area contributed by atoms with Gasteiger partial charge in [-0.1, -0.05) is 0 Å². The Hall–Kier alpha value is 0.394. The van der Waals surface area contributed by atoms with Crippen molar-refractivity contribution in [2.24, 2.45) is 0 Å². The fourth-order valence-corrected chi connectivity index (χ4v) is 4.77. The molecule has 0 aromatic heterocycles. The summed E-state index contributed by atoms with van der Waals surface area (Å²) in [6.45, 7) is 6.66. The fourth-order valence-electron chi connectivity index (χ4n) is 0.530. The molecule has 0 saturated carbocycles. The van der Waals surface area contributed by atoms with E-state index in [4.69, 9.17) is 0 Å². The smallest absolute Gasteiger partial charge is 0.0727 e. The fraction of sp³-hybridized carbons (Fsp3) is 1.00. The van der Waals surface area contributed by atoms with Crippen LogP contribution < -0.4 is 4.98 Å². The molecule has 7 heavy (non-hydrogen) atoms. The van der Waals surface area contributed by atoms with Crippen molar-refractivity contribution in [3.05, 3.63) is 0 Å². The second-order valence-corrected chi connectivity index (χ2v) is 5.96. The molecule has 0 aliphatic carbocycles. The zero-order valence-corrected chi connectivity index (χ0v) is 9.12. The van der Waals surface area contributed by atoms with Crippen LogP contribution in [0.3, 0.4) is 0 Å². The molecule has 0 aliphatic rings. The van der Waals surface area contributed by atoms with Crippen molar-refractivity contribution in [1.29, 1.82) is 0 Å². The van der Waals surface area contributed by atoms with E-state index in [0.29, 0.717) is 5.54 Å². The van der Waals surface area contributed by atoms with Crippen molar-refractivity contribution in [3.63, 3.8) is 0 Å². The lowest BCUT2D eigenvalue weighted by molar-refractivity contribution is 0.526. The normalized spacial score (nSPS) is 14.1. The molecule has 0 bridgehead atoms. The molecule has 3 heteroatoms. The first-order valence-electron chi connectivity index (χ1n) is 2.81. The van der Waals surface area contributed by atoms with Crippen LogP contribution >= 0.6 is 0 Å². The van der Waals surface area contributed by atoms with Gasteiger partial charge in [0.2, 0.25) is 0 Å². The van der Waals surface area contributed by atoms with Crippen LogP contribution in [0.4, 0.5) is 0 Å². The van der Waals surface area contributed by atoms with Gasteiger partial charge in [-0.05, 0) is 20.8 Å². The SMILES string of the molecule is CC(C)(C)N[SiH2][SiH3]. The first-order valence-corrected chi connectivity index (χ1v) is 9.17. The molecule has 1 N–H and O–H groups in total. The Morgan fingerprint density at radius 2 is 1.86 bits per heavy atom. The van der Waals surface area contributed by atoms with Gasteiger partial charge < -0.3 is 4.98 Å². The summed E-state index contributed by atoms with van der Waals surface area (Å²) in [6.07, 6.45) is 0.